The lowest BCUT2D eigenvalue weighted by Crippen LogP contribution is -2.23. The van der Waals surface area contributed by atoms with Crippen LogP contribution in [0.3, 0.4) is 0 Å². The van der Waals surface area contributed by atoms with Crippen LogP contribution < -0.4 is 5.32 Å². The molecule has 0 aliphatic heterocycles. The molecular weight excluding hydrogens is 256 g/mol. The minimum Gasteiger partial charge on any atom is -0.309 e. The van der Waals surface area contributed by atoms with Gasteiger partial charge in [-0.25, -0.2) is 4.98 Å². The first-order valence-corrected chi connectivity index (χ1v) is 7.84. The second-order valence-electron chi connectivity index (χ2n) is 4.77. The van der Waals surface area contributed by atoms with Gasteiger partial charge in [-0.2, -0.15) is 5.10 Å². The van der Waals surface area contributed by atoms with E-state index < -0.39 is 0 Å². The van der Waals surface area contributed by atoms with Crippen LogP contribution in [-0.4, -0.2) is 21.3 Å². The highest BCUT2D eigenvalue weighted by Gasteiger charge is 2.15. The molecule has 2 aromatic rings. The van der Waals surface area contributed by atoms with Crippen LogP contribution in [0.4, 0.5) is 0 Å². The van der Waals surface area contributed by atoms with Crippen LogP contribution >= 0.6 is 11.3 Å². The van der Waals surface area contributed by atoms with Crippen molar-refractivity contribution in [1.29, 1.82) is 0 Å². The minimum atomic E-state index is 0.261. The fraction of sp³-hybridized carbons (Fsp3) is 0.571. The van der Waals surface area contributed by atoms with E-state index in [9.17, 15) is 0 Å². The van der Waals surface area contributed by atoms with Crippen LogP contribution in [-0.2, 0) is 6.42 Å². The van der Waals surface area contributed by atoms with Crippen molar-refractivity contribution in [3.8, 4) is 0 Å². The number of thiazole rings is 1. The van der Waals surface area contributed by atoms with Crippen molar-refractivity contribution in [3.05, 3.63) is 34.5 Å². The topological polar surface area (TPSA) is 42.7 Å². The van der Waals surface area contributed by atoms with Crippen molar-refractivity contribution in [3.63, 3.8) is 0 Å². The quantitative estimate of drug-likeness (QED) is 0.845. The summed E-state index contributed by atoms with van der Waals surface area (Å²) >= 11 is 1.64. The Labute approximate surface area is 118 Å². The summed E-state index contributed by atoms with van der Waals surface area (Å²) in [4.78, 5) is 4.41. The maximum absolute atomic E-state index is 4.67. The van der Waals surface area contributed by atoms with Gasteiger partial charge in [-0.05, 0) is 26.0 Å². The first-order chi connectivity index (χ1) is 9.24. The van der Waals surface area contributed by atoms with Gasteiger partial charge in [-0.3, -0.25) is 4.68 Å². The maximum atomic E-state index is 4.67. The van der Waals surface area contributed by atoms with E-state index >= 15 is 0 Å². The molecule has 2 aromatic heterocycles. The molecule has 0 saturated heterocycles. The smallest absolute Gasteiger partial charge is 0.0795 e. The second kappa shape index (κ2) is 6.82. The average molecular weight is 278 g/mol. The summed E-state index contributed by atoms with van der Waals surface area (Å²) in [5.74, 6) is 0. The van der Waals surface area contributed by atoms with Gasteiger partial charge in [0.1, 0.15) is 0 Å². The zero-order valence-corrected chi connectivity index (χ0v) is 12.7. The van der Waals surface area contributed by atoms with Crippen LogP contribution in [0.2, 0.25) is 0 Å². The highest BCUT2D eigenvalue weighted by Crippen LogP contribution is 2.18. The first-order valence-electron chi connectivity index (χ1n) is 6.90. The van der Waals surface area contributed by atoms with E-state index in [-0.39, 0.29) is 6.04 Å². The summed E-state index contributed by atoms with van der Waals surface area (Å²) in [5.41, 5.74) is 4.13. The SMILES string of the molecule is CCNC(Cc1ccn(C(C)CC)n1)c1cscn1. The molecule has 0 spiro atoms. The molecule has 0 radical (unpaired) electrons. The number of hydrogen-bond donors (Lipinski definition) is 1. The standard InChI is InChI=1S/C14H22N4S/c1-4-11(3)18-7-6-12(17-18)8-13(15-5-2)14-9-19-10-16-14/h6-7,9-11,13,15H,4-5,8H2,1-3H3. The third kappa shape index (κ3) is 3.64. The summed E-state index contributed by atoms with van der Waals surface area (Å²) in [6.45, 7) is 7.44. The van der Waals surface area contributed by atoms with Crippen molar-refractivity contribution < 1.29 is 0 Å². The number of hydrogen-bond acceptors (Lipinski definition) is 4. The van der Waals surface area contributed by atoms with Gasteiger partial charge in [0, 0.05) is 24.0 Å². The highest BCUT2D eigenvalue weighted by atomic mass is 32.1. The maximum Gasteiger partial charge on any atom is 0.0795 e. The Morgan fingerprint density at radius 3 is 2.89 bits per heavy atom. The van der Waals surface area contributed by atoms with E-state index in [4.69, 9.17) is 0 Å². The molecular formula is C14H22N4S. The van der Waals surface area contributed by atoms with Crippen molar-refractivity contribution >= 4 is 11.3 Å². The third-order valence-electron chi connectivity index (χ3n) is 3.38. The summed E-state index contributed by atoms with van der Waals surface area (Å²) in [6, 6.07) is 2.84. The number of likely N-dealkylation sites (N-methyl/N-ethyl adjacent to an activating group) is 1. The normalized spacial score (nSPS) is 14.5. The molecule has 0 fully saturated rings. The van der Waals surface area contributed by atoms with Crippen LogP contribution in [0.1, 0.15) is 50.7 Å². The molecule has 0 bridgehead atoms. The Morgan fingerprint density at radius 2 is 2.26 bits per heavy atom. The number of rotatable bonds is 7. The molecule has 4 nitrogen and oxygen atoms in total. The number of nitrogens with zero attached hydrogens (tertiary/aromatic N) is 3. The van der Waals surface area contributed by atoms with Gasteiger partial charge >= 0.3 is 0 Å². The Hall–Kier alpha value is -1.20. The van der Waals surface area contributed by atoms with Crippen molar-refractivity contribution in [2.75, 3.05) is 6.54 Å². The molecule has 2 heterocycles. The van der Waals surface area contributed by atoms with E-state index in [1.807, 2.05) is 5.51 Å². The molecule has 0 saturated carbocycles. The summed E-state index contributed by atoms with van der Waals surface area (Å²) in [5, 5.41) is 10.3. The highest BCUT2D eigenvalue weighted by molar-refractivity contribution is 7.07. The molecule has 0 aromatic carbocycles. The van der Waals surface area contributed by atoms with E-state index in [0.717, 1.165) is 30.8 Å². The lowest BCUT2D eigenvalue weighted by molar-refractivity contribution is 0.466. The van der Waals surface area contributed by atoms with Crippen molar-refractivity contribution in [1.82, 2.24) is 20.1 Å². The van der Waals surface area contributed by atoms with E-state index in [1.54, 1.807) is 11.3 Å². The van der Waals surface area contributed by atoms with Crippen LogP contribution in [0.15, 0.2) is 23.2 Å². The van der Waals surface area contributed by atoms with Gasteiger partial charge < -0.3 is 5.32 Å². The molecule has 19 heavy (non-hydrogen) atoms. The Kier molecular flexibility index (Phi) is 5.10. The molecule has 0 aliphatic rings. The van der Waals surface area contributed by atoms with Gasteiger partial charge in [0.05, 0.1) is 22.9 Å². The lowest BCUT2D eigenvalue weighted by atomic mass is 10.1. The lowest BCUT2D eigenvalue weighted by Gasteiger charge is -2.14. The average Bonchev–Trinajstić information content (AvgIpc) is 3.08. The summed E-state index contributed by atoms with van der Waals surface area (Å²) < 4.78 is 2.05. The monoisotopic (exact) mass is 278 g/mol. The molecule has 104 valence electrons. The number of nitrogens with one attached hydrogen (secondary N) is 1. The predicted octanol–water partition coefficient (Wildman–Crippen LogP) is 3.20. The molecule has 1 N–H and O–H groups in total. The van der Waals surface area contributed by atoms with Crippen molar-refractivity contribution in [2.24, 2.45) is 0 Å². The van der Waals surface area contributed by atoms with Crippen LogP contribution in [0, 0.1) is 0 Å². The van der Waals surface area contributed by atoms with Gasteiger partial charge in [-0.15, -0.1) is 11.3 Å². The third-order valence-corrected chi connectivity index (χ3v) is 3.98. The molecule has 2 atom stereocenters. The van der Waals surface area contributed by atoms with Crippen molar-refractivity contribution in [2.45, 2.75) is 45.7 Å². The minimum absolute atomic E-state index is 0.261. The van der Waals surface area contributed by atoms with Gasteiger partial charge in [-0.1, -0.05) is 13.8 Å². The molecule has 2 rings (SSSR count). The Morgan fingerprint density at radius 1 is 1.42 bits per heavy atom. The Balaban J connectivity index is 2.07. The van der Waals surface area contributed by atoms with E-state index in [1.165, 1.54) is 0 Å². The van der Waals surface area contributed by atoms with Crippen LogP contribution in [0.25, 0.3) is 0 Å². The zero-order valence-electron chi connectivity index (χ0n) is 11.8. The first kappa shape index (κ1) is 14.2. The predicted molar refractivity (Wildman–Crippen MR) is 79.5 cm³/mol. The fourth-order valence-corrected chi connectivity index (χ4v) is 2.66. The zero-order chi connectivity index (χ0) is 13.7. The summed E-state index contributed by atoms with van der Waals surface area (Å²) in [6.07, 6.45) is 4.07. The second-order valence-corrected chi connectivity index (χ2v) is 5.49. The number of aromatic nitrogens is 3. The van der Waals surface area contributed by atoms with E-state index in [0.29, 0.717) is 6.04 Å². The molecule has 2 unspecified atom stereocenters. The van der Waals surface area contributed by atoms with Gasteiger partial charge in [0.15, 0.2) is 0 Å². The van der Waals surface area contributed by atoms with E-state index in [2.05, 4.69) is 58.5 Å². The van der Waals surface area contributed by atoms with Crippen LogP contribution in [0.5, 0.6) is 0 Å². The summed E-state index contributed by atoms with van der Waals surface area (Å²) in [7, 11) is 0. The fourth-order valence-electron chi connectivity index (χ4n) is 2.05. The molecule has 5 heteroatoms. The molecule has 0 amide bonds. The van der Waals surface area contributed by atoms with Gasteiger partial charge in [0.2, 0.25) is 0 Å². The molecule has 0 aliphatic carbocycles. The Bertz CT molecular complexity index is 477. The van der Waals surface area contributed by atoms with Gasteiger partial charge in [0.25, 0.3) is 0 Å². The largest absolute Gasteiger partial charge is 0.309 e.